The fourth-order valence-corrected chi connectivity index (χ4v) is 3.98. The summed E-state index contributed by atoms with van der Waals surface area (Å²) in [6.45, 7) is 5.63. The second kappa shape index (κ2) is 8.73. The van der Waals surface area contributed by atoms with E-state index in [1.165, 1.54) is 6.26 Å². The molecule has 1 unspecified atom stereocenters. The molecule has 2 heterocycles. The fourth-order valence-electron chi connectivity index (χ4n) is 3.06. The first-order chi connectivity index (χ1) is 14.3. The summed E-state index contributed by atoms with van der Waals surface area (Å²) in [7, 11) is 0. The second-order valence-corrected chi connectivity index (χ2v) is 8.08. The number of rotatable bonds is 5. The molecule has 3 rings (SSSR count). The van der Waals surface area contributed by atoms with E-state index >= 15 is 0 Å². The standard InChI is InChI=1S/C22H19N5O2S/c1-12-7-13(2)9-15(8-12)26-21(28)14(3)30-22-17(11-24)19(18-5-4-6-29-18)16(10-23)20(25)27-22/h4-9,14H,1-3H3,(H2,25,27)(H,26,28). The molecule has 0 spiro atoms. The molecule has 8 heteroatoms. The average Bonchev–Trinajstić information content (AvgIpc) is 3.21. The van der Waals surface area contributed by atoms with Crippen LogP contribution in [0.2, 0.25) is 0 Å². The van der Waals surface area contributed by atoms with Crippen LogP contribution in [0.4, 0.5) is 11.5 Å². The number of thioether (sulfide) groups is 1. The molecule has 0 aliphatic rings. The molecule has 1 atom stereocenters. The van der Waals surface area contributed by atoms with Gasteiger partial charge in [0.2, 0.25) is 5.91 Å². The number of nitrogens with two attached hydrogens (primary N) is 1. The van der Waals surface area contributed by atoms with Crippen molar-refractivity contribution in [2.24, 2.45) is 0 Å². The van der Waals surface area contributed by atoms with Gasteiger partial charge in [-0.3, -0.25) is 4.79 Å². The van der Waals surface area contributed by atoms with Gasteiger partial charge in [0.1, 0.15) is 34.3 Å². The van der Waals surface area contributed by atoms with Crippen molar-refractivity contribution in [3.63, 3.8) is 0 Å². The number of carbonyl (C=O) groups is 1. The first kappa shape index (κ1) is 21.0. The van der Waals surface area contributed by atoms with Gasteiger partial charge in [-0.1, -0.05) is 17.8 Å². The van der Waals surface area contributed by atoms with Crippen molar-refractivity contribution in [2.45, 2.75) is 31.0 Å². The van der Waals surface area contributed by atoms with Crippen LogP contribution in [-0.2, 0) is 4.79 Å². The summed E-state index contributed by atoms with van der Waals surface area (Å²) in [5.41, 5.74) is 9.25. The molecule has 7 nitrogen and oxygen atoms in total. The SMILES string of the molecule is Cc1cc(C)cc(NC(=O)C(C)Sc2nc(N)c(C#N)c(-c3ccco3)c2C#N)c1. The summed E-state index contributed by atoms with van der Waals surface area (Å²) in [4.78, 5) is 16.9. The molecule has 150 valence electrons. The molecule has 2 aromatic heterocycles. The summed E-state index contributed by atoms with van der Waals surface area (Å²) < 4.78 is 5.39. The molecular weight excluding hydrogens is 398 g/mol. The molecule has 3 aromatic rings. The summed E-state index contributed by atoms with van der Waals surface area (Å²) in [5, 5.41) is 21.8. The normalized spacial score (nSPS) is 11.4. The van der Waals surface area contributed by atoms with E-state index in [9.17, 15) is 15.3 Å². The lowest BCUT2D eigenvalue weighted by molar-refractivity contribution is -0.115. The predicted octanol–water partition coefficient (Wildman–Crippen LogP) is 4.40. The average molecular weight is 417 g/mol. The van der Waals surface area contributed by atoms with Gasteiger partial charge in [0.05, 0.1) is 22.6 Å². The third-order valence-electron chi connectivity index (χ3n) is 4.33. The van der Waals surface area contributed by atoms with E-state index in [0.717, 1.165) is 22.9 Å². The highest BCUT2D eigenvalue weighted by Gasteiger charge is 2.25. The number of carbonyl (C=O) groups excluding carboxylic acids is 1. The number of anilines is 2. The van der Waals surface area contributed by atoms with Crippen LogP contribution in [0.15, 0.2) is 46.0 Å². The summed E-state index contributed by atoms with van der Waals surface area (Å²) in [6.07, 6.45) is 1.45. The Labute approximate surface area is 178 Å². The molecule has 0 bridgehead atoms. The minimum atomic E-state index is -0.567. The van der Waals surface area contributed by atoms with Gasteiger partial charge < -0.3 is 15.5 Å². The molecule has 3 N–H and O–H groups in total. The van der Waals surface area contributed by atoms with Crippen LogP contribution in [0.5, 0.6) is 0 Å². The first-order valence-electron chi connectivity index (χ1n) is 9.07. The minimum Gasteiger partial charge on any atom is -0.464 e. The van der Waals surface area contributed by atoms with Gasteiger partial charge in [0, 0.05) is 5.69 Å². The largest absolute Gasteiger partial charge is 0.464 e. The van der Waals surface area contributed by atoms with Gasteiger partial charge in [-0.2, -0.15) is 10.5 Å². The predicted molar refractivity (Wildman–Crippen MR) is 116 cm³/mol. The van der Waals surface area contributed by atoms with Crippen molar-refractivity contribution in [3.8, 4) is 23.5 Å². The Bertz CT molecular complexity index is 1170. The Hall–Kier alpha value is -3.75. The monoisotopic (exact) mass is 417 g/mol. The van der Waals surface area contributed by atoms with E-state index in [4.69, 9.17) is 10.2 Å². The summed E-state index contributed by atoms with van der Waals surface area (Å²) in [6, 6.07) is 13.2. The van der Waals surface area contributed by atoms with Gasteiger partial charge in [-0.05, 0) is 56.2 Å². The lowest BCUT2D eigenvalue weighted by Crippen LogP contribution is -2.23. The van der Waals surface area contributed by atoms with E-state index in [-0.39, 0.29) is 33.4 Å². The van der Waals surface area contributed by atoms with Gasteiger partial charge in [0.25, 0.3) is 0 Å². The third kappa shape index (κ3) is 4.29. The molecule has 0 radical (unpaired) electrons. The molecular formula is C22H19N5O2S. The van der Waals surface area contributed by atoms with Gasteiger partial charge in [-0.25, -0.2) is 4.98 Å². The number of nitriles is 2. The highest BCUT2D eigenvalue weighted by molar-refractivity contribution is 8.00. The maximum atomic E-state index is 12.7. The zero-order chi connectivity index (χ0) is 21.8. The van der Waals surface area contributed by atoms with Crippen molar-refractivity contribution >= 4 is 29.2 Å². The van der Waals surface area contributed by atoms with Crippen LogP contribution < -0.4 is 11.1 Å². The van der Waals surface area contributed by atoms with E-state index in [0.29, 0.717) is 11.4 Å². The van der Waals surface area contributed by atoms with Crippen LogP contribution in [0.3, 0.4) is 0 Å². The Morgan fingerprint density at radius 2 is 1.87 bits per heavy atom. The zero-order valence-electron chi connectivity index (χ0n) is 16.7. The highest BCUT2D eigenvalue weighted by Crippen LogP contribution is 2.37. The summed E-state index contributed by atoms with van der Waals surface area (Å²) in [5.74, 6) is 0.0804. The Morgan fingerprint density at radius 3 is 2.43 bits per heavy atom. The second-order valence-electron chi connectivity index (χ2n) is 6.75. The smallest absolute Gasteiger partial charge is 0.237 e. The van der Waals surface area contributed by atoms with Crippen molar-refractivity contribution in [1.29, 1.82) is 10.5 Å². The van der Waals surface area contributed by atoms with Gasteiger partial charge >= 0.3 is 0 Å². The number of aromatic nitrogens is 1. The number of nitrogen functional groups attached to an aromatic ring is 1. The maximum Gasteiger partial charge on any atom is 0.237 e. The number of benzene rings is 1. The topological polar surface area (TPSA) is 129 Å². The number of amides is 1. The number of nitrogens with one attached hydrogen (secondary N) is 1. The van der Waals surface area contributed by atoms with Gasteiger partial charge in [0.15, 0.2) is 0 Å². The van der Waals surface area contributed by atoms with Crippen molar-refractivity contribution in [3.05, 3.63) is 58.8 Å². The van der Waals surface area contributed by atoms with Crippen LogP contribution in [0, 0.1) is 36.5 Å². The molecule has 1 amide bonds. The van der Waals surface area contributed by atoms with Crippen LogP contribution in [-0.4, -0.2) is 16.1 Å². The maximum absolute atomic E-state index is 12.7. The number of pyridine rings is 1. The number of nitrogens with zero attached hydrogens (tertiary/aromatic N) is 3. The Balaban J connectivity index is 1.93. The first-order valence-corrected chi connectivity index (χ1v) is 9.95. The lowest BCUT2D eigenvalue weighted by atomic mass is 10.0. The molecule has 0 aliphatic carbocycles. The van der Waals surface area contributed by atoms with E-state index in [1.807, 2.05) is 38.1 Å². The van der Waals surface area contributed by atoms with Gasteiger partial charge in [-0.15, -0.1) is 0 Å². The van der Waals surface area contributed by atoms with Crippen molar-refractivity contribution < 1.29 is 9.21 Å². The number of hydrogen-bond donors (Lipinski definition) is 2. The Kier molecular flexibility index (Phi) is 6.10. The molecule has 0 saturated carbocycles. The lowest BCUT2D eigenvalue weighted by Gasteiger charge is -2.15. The van der Waals surface area contributed by atoms with Crippen molar-refractivity contribution in [1.82, 2.24) is 4.98 Å². The quantitative estimate of drug-likeness (QED) is 0.588. The molecule has 1 aromatic carbocycles. The van der Waals surface area contributed by atoms with Crippen LogP contribution in [0.25, 0.3) is 11.3 Å². The number of aryl methyl sites for hydroxylation is 2. The molecule has 0 fully saturated rings. The molecule has 0 saturated heterocycles. The van der Waals surface area contributed by atoms with Crippen LogP contribution >= 0.6 is 11.8 Å². The van der Waals surface area contributed by atoms with E-state index in [1.54, 1.807) is 19.1 Å². The Morgan fingerprint density at radius 1 is 1.20 bits per heavy atom. The molecule has 0 aliphatic heterocycles. The third-order valence-corrected chi connectivity index (χ3v) is 5.42. The van der Waals surface area contributed by atoms with E-state index < -0.39 is 5.25 Å². The zero-order valence-corrected chi connectivity index (χ0v) is 17.5. The highest BCUT2D eigenvalue weighted by atomic mass is 32.2. The minimum absolute atomic E-state index is 0.0210. The fraction of sp³-hybridized carbons (Fsp3) is 0.182. The van der Waals surface area contributed by atoms with Crippen LogP contribution in [0.1, 0.15) is 29.2 Å². The number of furan rings is 1. The summed E-state index contributed by atoms with van der Waals surface area (Å²) >= 11 is 1.10. The van der Waals surface area contributed by atoms with Crippen molar-refractivity contribution in [2.75, 3.05) is 11.1 Å². The molecule has 30 heavy (non-hydrogen) atoms. The number of hydrogen-bond acceptors (Lipinski definition) is 7. The van der Waals surface area contributed by atoms with E-state index in [2.05, 4.69) is 16.4 Å².